The van der Waals surface area contributed by atoms with E-state index in [1.54, 1.807) is 12.3 Å². The Morgan fingerprint density at radius 2 is 2.43 bits per heavy atom. The number of aromatic nitrogens is 3. The predicted octanol–water partition coefficient (Wildman–Crippen LogP) is 2.29. The number of ether oxygens (including phenoxy) is 2. The van der Waals surface area contributed by atoms with Gasteiger partial charge in [0.25, 0.3) is 0 Å². The zero-order valence-corrected chi connectivity index (χ0v) is 12.9. The first-order chi connectivity index (χ1) is 10.2. The smallest absolute Gasteiger partial charge is 0.354 e. The van der Waals surface area contributed by atoms with E-state index in [0.717, 1.165) is 30.5 Å². The van der Waals surface area contributed by atoms with E-state index in [1.807, 2.05) is 10.8 Å². The molecule has 0 saturated carbocycles. The third-order valence-electron chi connectivity index (χ3n) is 3.63. The molecule has 1 fully saturated rings. The Morgan fingerprint density at radius 3 is 3.10 bits per heavy atom. The van der Waals surface area contributed by atoms with Crippen molar-refractivity contribution in [2.75, 3.05) is 26.6 Å². The molecule has 0 aliphatic carbocycles. The lowest BCUT2D eigenvalue weighted by molar-refractivity contribution is 0.0508. The average molecular weight is 307 g/mol. The van der Waals surface area contributed by atoms with Crippen LogP contribution in [0.2, 0.25) is 0 Å². The Morgan fingerprint density at radius 1 is 1.57 bits per heavy atom. The Balaban J connectivity index is 2.17. The molecule has 0 spiro atoms. The van der Waals surface area contributed by atoms with Crippen LogP contribution >= 0.6 is 11.8 Å². The number of nitrogens with zero attached hydrogens (tertiary/aromatic N) is 3. The van der Waals surface area contributed by atoms with Gasteiger partial charge >= 0.3 is 5.97 Å². The lowest BCUT2D eigenvalue weighted by Gasteiger charge is -2.25. The van der Waals surface area contributed by atoms with Crippen molar-refractivity contribution in [3.8, 4) is 0 Å². The molecular formula is C14H17N3O3S. The van der Waals surface area contributed by atoms with E-state index in [-0.39, 0.29) is 12.0 Å². The van der Waals surface area contributed by atoms with E-state index in [0.29, 0.717) is 17.5 Å². The minimum Gasteiger partial charge on any atom is -0.464 e. The van der Waals surface area contributed by atoms with Crippen LogP contribution in [0.3, 0.4) is 0 Å². The number of thioether (sulfide) groups is 1. The minimum atomic E-state index is -0.357. The Bertz CT molecular complexity index is 665. The summed E-state index contributed by atoms with van der Waals surface area (Å²) in [6, 6.07) is 1.90. The summed E-state index contributed by atoms with van der Waals surface area (Å²) in [6.45, 7) is 1.36. The fourth-order valence-electron chi connectivity index (χ4n) is 2.65. The van der Waals surface area contributed by atoms with Gasteiger partial charge in [-0.05, 0) is 25.2 Å². The van der Waals surface area contributed by atoms with Crippen LogP contribution in [0.15, 0.2) is 17.4 Å². The number of hydrogen-bond donors (Lipinski definition) is 0. The van der Waals surface area contributed by atoms with E-state index in [4.69, 9.17) is 9.47 Å². The van der Waals surface area contributed by atoms with Crippen molar-refractivity contribution in [1.29, 1.82) is 0 Å². The quantitative estimate of drug-likeness (QED) is 0.492. The van der Waals surface area contributed by atoms with Crippen LogP contribution in [0.25, 0.3) is 11.0 Å². The highest BCUT2D eigenvalue weighted by molar-refractivity contribution is 7.98. The van der Waals surface area contributed by atoms with Crippen molar-refractivity contribution in [2.45, 2.75) is 24.0 Å². The zero-order chi connectivity index (χ0) is 14.8. The van der Waals surface area contributed by atoms with Crippen LogP contribution in [0.5, 0.6) is 0 Å². The Labute approximate surface area is 126 Å². The topological polar surface area (TPSA) is 66.2 Å². The Hall–Kier alpha value is -1.60. The number of esters is 1. The summed E-state index contributed by atoms with van der Waals surface area (Å²) in [7, 11) is 1.39. The van der Waals surface area contributed by atoms with Crippen molar-refractivity contribution >= 4 is 28.8 Å². The van der Waals surface area contributed by atoms with Crippen LogP contribution in [-0.4, -0.2) is 47.1 Å². The fraction of sp³-hybridized carbons (Fsp3) is 0.500. The second kappa shape index (κ2) is 6.03. The molecule has 0 aromatic carbocycles. The van der Waals surface area contributed by atoms with Crippen LogP contribution < -0.4 is 0 Å². The molecule has 2 aromatic rings. The van der Waals surface area contributed by atoms with E-state index in [9.17, 15) is 4.79 Å². The third kappa shape index (κ3) is 2.63. The van der Waals surface area contributed by atoms with E-state index >= 15 is 0 Å². The molecule has 2 aromatic heterocycles. The summed E-state index contributed by atoms with van der Waals surface area (Å²) in [5.41, 5.74) is 1.28. The molecule has 0 bridgehead atoms. The first-order valence-electron chi connectivity index (χ1n) is 6.82. The number of fused-ring (bicyclic) bond motifs is 1. The summed E-state index contributed by atoms with van der Waals surface area (Å²) in [6.07, 6.45) is 5.62. The predicted molar refractivity (Wildman–Crippen MR) is 79.7 cm³/mol. The lowest BCUT2D eigenvalue weighted by atomic mass is 10.1. The van der Waals surface area contributed by atoms with Gasteiger partial charge in [-0.2, -0.15) is 0 Å². The first-order valence-corrected chi connectivity index (χ1v) is 8.05. The second-order valence-corrected chi connectivity index (χ2v) is 5.67. The van der Waals surface area contributed by atoms with Gasteiger partial charge in [-0.15, -0.1) is 0 Å². The summed E-state index contributed by atoms with van der Waals surface area (Å²) in [5.74, 6) is -0.357. The number of carbonyl (C=O) groups excluding carboxylic acids is 1. The second-order valence-electron chi connectivity index (χ2n) is 4.90. The Kier molecular flexibility index (Phi) is 4.12. The van der Waals surface area contributed by atoms with Gasteiger partial charge in [0.15, 0.2) is 5.16 Å². The lowest BCUT2D eigenvalue weighted by Crippen LogP contribution is -2.24. The molecule has 6 nitrogen and oxygen atoms in total. The molecule has 21 heavy (non-hydrogen) atoms. The van der Waals surface area contributed by atoms with Gasteiger partial charge < -0.3 is 14.0 Å². The SMILES string of the molecule is COC(=O)c1cc2cnc(SC)nc2n1C1CCCOC1. The monoisotopic (exact) mass is 307 g/mol. The molecule has 1 aliphatic heterocycles. The van der Waals surface area contributed by atoms with Crippen LogP contribution in [0, 0.1) is 0 Å². The highest BCUT2D eigenvalue weighted by Crippen LogP contribution is 2.29. The molecule has 3 rings (SSSR count). The number of carbonyl (C=O) groups is 1. The third-order valence-corrected chi connectivity index (χ3v) is 4.19. The van der Waals surface area contributed by atoms with Gasteiger partial charge in [-0.1, -0.05) is 11.8 Å². The highest BCUT2D eigenvalue weighted by Gasteiger charge is 2.25. The minimum absolute atomic E-state index is 0.106. The van der Waals surface area contributed by atoms with E-state index in [1.165, 1.54) is 18.9 Å². The van der Waals surface area contributed by atoms with Gasteiger partial charge in [-0.3, -0.25) is 0 Å². The maximum atomic E-state index is 12.1. The van der Waals surface area contributed by atoms with Gasteiger partial charge in [0, 0.05) is 18.2 Å². The van der Waals surface area contributed by atoms with Crippen LogP contribution in [0.1, 0.15) is 29.4 Å². The molecule has 1 unspecified atom stereocenters. The van der Waals surface area contributed by atoms with Gasteiger partial charge in [0.2, 0.25) is 0 Å². The molecular weight excluding hydrogens is 290 g/mol. The van der Waals surface area contributed by atoms with Gasteiger partial charge in [0.1, 0.15) is 11.3 Å². The van der Waals surface area contributed by atoms with Crippen LogP contribution in [-0.2, 0) is 9.47 Å². The average Bonchev–Trinajstić information content (AvgIpc) is 2.93. The molecule has 0 N–H and O–H groups in total. The van der Waals surface area contributed by atoms with Gasteiger partial charge in [0.05, 0.1) is 19.8 Å². The normalized spacial score (nSPS) is 18.9. The molecule has 1 saturated heterocycles. The maximum absolute atomic E-state index is 12.1. The van der Waals surface area contributed by atoms with Crippen molar-refractivity contribution in [1.82, 2.24) is 14.5 Å². The number of rotatable bonds is 3. The summed E-state index contributed by atoms with van der Waals surface area (Å²) >= 11 is 1.48. The molecule has 1 aliphatic rings. The summed E-state index contributed by atoms with van der Waals surface area (Å²) in [5, 5.41) is 1.54. The standard InChI is InChI=1S/C14H17N3O3S/c1-19-13(18)11-6-9-7-15-14(21-2)16-12(9)17(11)10-4-3-5-20-8-10/h6-7,10H,3-5,8H2,1-2H3. The van der Waals surface area contributed by atoms with Crippen LogP contribution in [0.4, 0.5) is 0 Å². The first kappa shape index (κ1) is 14.3. The molecule has 0 amide bonds. The van der Waals surface area contributed by atoms with Gasteiger partial charge in [-0.25, -0.2) is 14.8 Å². The summed E-state index contributed by atoms with van der Waals surface area (Å²) < 4.78 is 12.4. The number of methoxy groups -OCH3 is 1. The largest absolute Gasteiger partial charge is 0.464 e. The maximum Gasteiger partial charge on any atom is 0.354 e. The fourth-order valence-corrected chi connectivity index (χ4v) is 2.99. The number of hydrogen-bond acceptors (Lipinski definition) is 6. The highest BCUT2D eigenvalue weighted by atomic mass is 32.2. The van der Waals surface area contributed by atoms with E-state index < -0.39 is 0 Å². The summed E-state index contributed by atoms with van der Waals surface area (Å²) in [4.78, 5) is 20.9. The molecule has 7 heteroatoms. The van der Waals surface area contributed by atoms with Crippen molar-refractivity contribution in [3.63, 3.8) is 0 Å². The van der Waals surface area contributed by atoms with Crippen molar-refractivity contribution in [2.24, 2.45) is 0 Å². The molecule has 3 heterocycles. The molecule has 1 atom stereocenters. The molecule has 0 radical (unpaired) electrons. The van der Waals surface area contributed by atoms with Crippen molar-refractivity contribution in [3.05, 3.63) is 18.0 Å². The van der Waals surface area contributed by atoms with Crippen molar-refractivity contribution < 1.29 is 14.3 Å². The zero-order valence-electron chi connectivity index (χ0n) is 12.0. The molecule has 112 valence electrons. The van der Waals surface area contributed by atoms with E-state index in [2.05, 4.69) is 9.97 Å².